The molecule has 174 valence electrons. The van der Waals surface area contributed by atoms with Crippen molar-refractivity contribution in [3.63, 3.8) is 0 Å². The van der Waals surface area contributed by atoms with Gasteiger partial charge in [0.25, 0.3) is 0 Å². The van der Waals surface area contributed by atoms with E-state index in [1.54, 1.807) is 6.07 Å². The van der Waals surface area contributed by atoms with Crippen molar-refractivity contribution in [1.82, 2.24) is 9.71 Å². The fourth-order valence-corrected chi connectivity index (χ4v) is 4.50. The van der Waals surface area contributed by atoms with Gasteiger partial charge < -0.3 is 20.9 Å². The van der Waals surface area contributed by atoms with Crippen molar-refractivity contribution in [3.05, 3.63) is 71.2 Å². The zero-order valence-corrected chi connectivity index (χ0v) is 19.2. The van der Waals surface area contributed by atoms with Crippen molar-refractivity contribution in [2.24, 2.45) is 5.73 Å². The third-order valence-corrected chi connectivity index (χ3v) is 6.60. The topological polar surface area (TPSA) is 164 Å². The molecule has 0 aliphatic rings. The summed E-state index contributed by atoms with van der Waals surface area (Å²) < 4.78 is 37.2. The van der Waals surface area contributed by atoms with E-state index in [-0.39, 0.29) is 10.5 Å². The Morgan fingerprint density at radius 3 is 2.39 bits per heavy atom. The molecule has 33 heavy (non-hydrogen) atoms. The van der Waals surface area contributed by atoms with E-state index in [2.05, 4.69) is 4.98 Å². The van der Waals surface area contributed by atoms with E-state index < -0.39 is 27.6 Å². The molecular weight excluding hydrogens is 468 g/mol. The van der Waals surface area contributed by atoms with Crippen LogP contribution in [-0.4, -0.2) is 37.6 Å². The SMILES string of the molecule is C[C@](N)(NS(=O)(=O)c1ccccc1)C(=O)OC(=O)c1ccc(OCCc2csc(N)n2)cc1. The Balaban J connectivity index is 1.55. The number of nitrogen functional groups attached to an aromatic ring is 1. The van der Waals surface area contributed by atoms with Gasteiger partial charge in [-0.2, -0.15) is 4.72 Å². The molecule has 0 aliphatic carbocycles. The normalized spacial score (nSPS) is 13.2. The van der Waals surface area contributed by atoms with Crippen LogP contribution in [0.1, 0.15) is 23.0 Å². The third kappa shape index (κ3) is 6.58. The van der Waals surface area contributed by atoms with Gasteiger partial charge in [-0.3, -0.25) is 0 Å². The fraction of sp³-hybridized carbons (Fsp3) is 0.190. The van der Waals surface area contributed by atoms with Crippen LogP contribution in [0, 0.1) is 0 Å². The van der Waals surface area contributed by atoms with Crippen LogP contribution in [0.15, 0.2) is 64.9 Å². The molecule has 1 heterocycles. The van der Waals surface area contributed by atoms with Crippen LogP contribution in [0.5, 0.6) is 5.75 Å². The second-order valence-corrected chi connectivity index (χ2v) is 9.67. The number of hydrogen-bond donors (Lipinski definition) is 3. The smallest absolute Gasteiger partial charge is 0.349 e. The average Bonchev–Trinajstić information content (AvgIpc) is 3.19. The number of rotatable bonds is 9. The first kappa shape index (κ1) is 24.3. The Morgan fingerprint density at radius 1 is 1.12 bits per heavy atom. The number of nitrogens with one attached hydrogen (secondary N) is 1. The number of esters is 2. The second kappa shape index (κ2) is 10.1. The van der Waals surface area contributed by atoms with Crippen molar-refractivity contribution < 1.29 is 27.5 Å². The predicted molar refractivity (Wildman–Crippen MR) is 122 cm³/mol. The number of hydrogen-bond acceptors (Lipinski definition) is 10. The number of carbonyl (C=O) groups excluding carboxylic acids is 2. The zero-order valence-electron chi connectivity index (χ0n) is 17.6. The molecule has 5 N–H and O–H groups in total. The van der Waals surface area contributed by atoms with E-state index in [0.717, 1.165) is 12.6 Å². The number of anilines is 1. The summed E-state index contributed by atoms with van der Waals surface area (Å²) in [5, 5.41) is 2.34. The molecule has 0 amide bonds. The van der Waals surface area contributed by atoms with E-state index >= 15 is 0 Å². The Bertz CT molecular complexity index is 1230. The van der Waals surface area contributed by atoms with E-state index in [0.29, 0.717) is 23.9 Å². The van der Waals surface area contributed by atoms with Crippen LogP contribution in [0.2, 0.25) is 0 Å². The molecule has 2 aromatic carbocycles. The Morgan fingerprint density at radius 2 is 1.79 bits per heavy atom. The van der Waals surface area contributed by atoms with Gasteiger partial charge in [0, 0.05) is 11.8 Å². The first-order chi connectivity index (χ1) is 15.6. The minimum absolute atomic E-state index is 0.0599. The molecule has 0 saturated carbocycles. The molecule has 1 aromatic heterocycles. The first-order valence-corrected chi connectivity index (χ1v) is 12.0. The quantitative estimate of drug-likeness (QED) is 0.230. The van der Waals surface area contributed by atoms with Crippen molar-refractivity contribution in [1.29, 1.82) is 0 Å². The summed E-state index contributed by atoms with van der Waals surface area (Å²) in [5.74, 6) is -1.74. The highest BCUT2D eigenvalue weighted by Crippen LogP contribution is 2.16. The number of aromatic nitrogens is 1. The predicted octanol–water partition coefficient (Wildman–Crippen LogP) is 1.68. The lowest BCUT2D eigenvalue weighted by molar-refractivity contribution is -0.144. The number of benzene rings is 2. The maximum Gasteiger partial charge on any atom is 0.349 e. The van der Waals surface area contributed by atoms with Crippen LogP contribution in [0.3, 0.4) is 0 Å². The summed E-state index contributed by atoms with van der Waals surface area (Å²) in [5.41, 5.74) is 10.1. The molecule has 0 unspecified atom stereocenters. The number of ether oxygens (including phenoxy) is 2. The molecule has 1 atom stereocenters. The van der Waals surface area contributed by atoms with Crippen LogP contribution >= 0.6 is 11.3 Å². The van der Waals surface area contributed by atoms with Crippen LogP contribution in [0.4, 0.5) is 5.13 Å². The van der Waals surface area contributed by atoms with Crippen molar-refractivity contribution in [2.75, 3.05) is 12.3 Å². The highest BCUT2D eigenvalue weighted by atomic mass is 32.2. The molecule has 0 bridgehead atoms. The first-order valence-electron chi connectivity index (χ1n) is 9.64. The minimum Gasteiger partial charge on any atom is -0.493 e. The van der Waals surface area contributed by atoms with Crippen LogP contribution < -0.4 is 20.9 Å². The standard InChI is InChI=1S/C21H22N4O6S2/c1-21(23,25-33(28,29)17-5-3-2-4-6-17)19(27)31-18(26)14-7-9-16(10-8-14)30-12-11-15-13-32-20(22)24-15/h2-10,13,25H,11-12,23H2,1H3,(H2,22,24)/t21-/m0/s1. The van der Waals surface area contributed by atoms with Crippen LogP contribution in [0.25, 0.3) is 0 Å². The van der Waals surface area contributed by atoms with E-state index in [1.165, 1.54) is 59.9 Å². The average molecular weight is 491 g/mol. The third-order valence-electron chi connectivity index (χ3n) is 4.30. The number of thiazole rings is 1. The summed E-state index contributed by atoms with van der Waals surface area (Å²) in [6.07, 6.45) is 0.569. The number of nitrogens with zero attached hydrogens (tertiary/aromatic N) is 1. The van der Waals surface area contributed by atoms with E-state index in [1.807, 2.05) is 10.1 Å². The van der Waals surface area contributed by atoms with Gasteiger partial charge in [-0.15, -0.1) is 11.3 Å². The highest BCUT2D eigenvalue weighted by Gasteiger charge is 2.37. The molecular formula is C21H22N4O6S2. The summed E-state index contributed by atoms with van der Waals surface area (Å²) in [6, 6.07) is 13.3. The van der Waals surface area contributed by atoms with Gasteiger partial charge in [0.1, 0.15) is 5.75 Å². The lowest BCUT2D eigenvalue weighted by Gasteiger charge is -2.23. The highest BCUT2D eigenvalue weighted by molar-refractivity contribution is 7.89. The number of carbonyl (C=O) groups is 2. The molecule has 0 radical (unpaired) electrons. The summed E-state index contributed by atoms with van der Waals surface area (Å²) in [4.78, 5) is 28.7. The minimum atomic E-state index is -4.11. The Labute approximate surface area is 194 Å². The van der Waals surface area contributed by atoms with Crippen LogP contribution in [-0.2, 0) is 26.0 Å². The van der Waals surface area contributed by atoms with Gasteiger partial charge >= 0.3 is 11.9 Å². The molecule has 12 heteroatoms. The molecule has 3 aromatic rings. The summed E-state index contributed by atoms with van der Waals surface area (Å²) in [7, 11) is -4.11. The van der Waals surface area contributed by atoms with Crippen molar-refractivity contribution in [3.8, 4) is 5.75 Å². The van der Waals surface area contributed by atoms with Crippen molar-refractivity contribution in [2.45, 2.75) is 23.9 Å². The van der Waals surface area contributed by atoms with Gasteiger partial charge in [0.15, 0.2) is 10.8 Å². The maximum atomic E-state index is 12.4. The number of nitrogens with two attached hydrogens (primary N) is 2. The second-order valence-electron chi connectivity index (χ2n) is 7.10. The van der Waals surface area contributed by atoms with E-state index in [9.17, 15) is 18.0 Å². The van der Waals surface area contributed by atoms with Gasteiger partial charge in [0.2, 0.25) is 10.0 Å². The summed E-state index contributed by atoms with van der Waals surface area (Å²) >= 11 is 1.35. The fourth-order valence-electron chi connectivity index (χ4n) is 2.63. The van der Waals surface area contributed by atoms with Gasteiger partial charge in [0.05, 0.1) is 22.8 Å². The van der Waals surface area contributed by atoms with Crippen molar-refractivity contribution >= 4 is 38.4 Å². The Kier molecular flexibility index (Phi) is 7.43. The van der Waals surface area contributed by atoms with Gasteiger partial charge in [-0.1, -0.05) is 18.2 Å². The Hall–Kier alpha value is -3.32. The molecule has 3 rings (SSSR count). The maximum absolute atomic E-state index is 12.4. The monoisotopic (exact) mass is 490 g/mol. The lowest BCUT2D eigenvalue weighted by Crippen LogP contribution is -2.60. The largest absolute Gasteiger partial charge is 0.493 e. The van der Waals surface area contributed by atoms with E-state index in [4.69, 9.17) is 20.9 Å². The van der Waals surface area contributed by atoms with Gasteiger partial charge in [-0.05, 0) is 43.3 Å². The zero-order chi connectivity index (χ0) is 24.1. The molecule has 0 fully saturated rings. The van der Waals surface area contributed by atoms with Gasteiger partial charge in [-0.25, -0.2) is 23.0 Å². The molecule has 0 aliphatic heterocycles. The molecule has 0 saturated heterocycles. The number of sulfonamides is 1. The lowest BCUT2D eigenvalue weighted by atomic mass is 10.2. The molecule has 10 nitrogen and oxygen atoms in total. The molecule has 0 spiro atoms. The summed E-state index contributed by atoms with van der Waals surface area (Å²) in [6.45, 7) is 1.45.